The van der Waals surface area contributed by atoms with E-state index < -0.39 is 11.9 Å². The fourth-order valence-corrected chi connectivity index (χ4v) is 4.17. The fraction of sp³-hybridized carbons (Fsp3) is 0.222. The van der Waals surface area contributed by atoms with Gasteiger partial charge in [-0.25, -0.2) is 9.78 Å². The Morgan fingerprint density at radius 2 is 1.71 bits per heavy atom. The summed E-state index contributed by atoms with van der Waals surface area (Å²) in [6.07, 6.45) is 2.89. The molecule has 0 radical (unpaired) electrons. The number of piperidine rings is 1. The summed E-state index contributed by atoms with van der Waals surface area (Å²) in [6, 6.07) is 17.6. The number of carbonyl (C=O) groups excluding carboxylic acids is 2. The van der Waals surface area contributed by atoms with Gasteiger partial charge in [0.05, 0.1) is 17.2 Å². The van der Waals surface area contributed by atoms with Crippen molar-refractivity contribution in [3.63, 3.8) is 0 Å². The van der Waals surface area contributed by atoms with Crippen LogP contribution < -0.4 is 5.32 Å². The van der Waals surface area contributed by atoms with Gasteiger partial charge < -0.3 is 15.3 Å². The van der Waals surface area contributed by atoms with Crippen LogP contribution in [0.5, 0.6) is 0 Å². The van der Waals surface area contributed by atoms with E-state index in [-0.39, 0.29) is 17.2 Å². The highest BCUT2D eigenvalue weighted by atomic mass is 16.4. The maximum Gasteiger partial charge on any atom is 0.354 e. The van der Waals surface area contributed by atoms with Gasteiger partial charge in [0.2, 0.25) is 0 Å². The fourth-order valence-electron chi connectivity index (χ4n) is 4.17. The molecule has 1 saturated heterocycles. The zero-order chi connectivity index (χ0) is 24.9. The van der Waals surface area contributed by atoms with Gasteiger partial charge in [-0.2, -0.15) is 5.26 Å². The second kappa shape index (κ2) is 10.2. The lowest BCUT2D eigenvalue weighted by Gasteiger charge is -2.32. The van der Waals surface area contributed by atoms with Crippen molar-refractivity contribution < 1.29 is 19.5 Å². The van der Waals surface area contributed by atoms with Gasteiger partial charge in [-0.1, -0.05) is 18.2 Å². The third-order valence-corrected chi connectivity index (χ3v) is 6.27. The Morgan fingerprint density at radius 3 is 2.31 bits per heavy atom. The number of benzene rings is 2. The number of pyridine rings is 1. The Bertz CT molecular complexity index is 1300. The van der Waals surface area contributed by atoms with Gasteiger partial charge in [0.25, 0.3) is 11.8 Å². The predicted molar refractivity (Wildman–Crippen MR) is 129 cm³/mol. The summed E-state index contributed by atoms with van der Waals surface area (Å²) in [7, 11) is 0. The molecule has 176 valence electrons. The second-order valence-corrected chi connectivity index (χ2v) is 8.52. The minimum absolute atomic E-state index is 0.0914. The van der Waals surface area contributed by atoms with Crippen molar-refractivity contribution in [2.75, 3.05) is 18.4 Å². The molecule has 0 atom stereocenters. The third-order valence-electron chi connectivity index (χ3n) is 6.27. The Kier molecular flexibility index (Phi) is 6.88. The molecule has 0 spiro atoms. The van der Waals surface area contributed by atoms with Crippen LogP contribution in [0.3, 0.4) is 0 Å². The van der Waals surface area contributed by atoms with Gasteiger partial charge in [-0.15, -0.1) is 0 Å². The van der Waals surface area contributed by atoms with E-state index in [1.54, 1.807) is 18.2 Å². The summed E-state index contributed by atoms with van der Waals surface area (Å²) in [5, 5.41) is 20.7. The number of carboxylic acid groups (broad SMARTS) is 1. The number of nitrogens with one attached hydrogen (secondary N) is 1. The molecule has 1 aliphatic heterocycles. The minimum atomic E-state index is -1.17. The summed E-state index contributed by atoms with van der Waals surface area (Å²) < 4.78 is 0. The highest BCUT2D eigenvalue weighted by Crippen LogP contribution is 2.29. The number of aromatic nitrogens is 1. The van der Waals surface area contributed by atoms with Crippen molar-refractivity contribution in [2.24, 2.45) is 0 Å². The molecule has 0 unspecified atom stereocenters. The number of carbonyl (C=O) groups is 3. The molecule has 1 aromatic heterocycles. The molecule has 2 N–H and O–H groups in total. The zero-order valence-electron chi connectivity index (χ0n) is 19.2. The minimum Gasteiger partial charge on any atom is -0.477 e. The third kappa shape index (κ3) is 5.36. The number of carboxylic acids is 1. The van der Waals surface area contributed by atoms with E-state index in [1.165, 1.54) is 23.9 Å². The monoisotopic (exact) mass is 468 g/mol. The van der Waals surface area contributed by atoms with Crippen molar-refractivity contribution in [1.82, 2.24) is 9.88 Å². The van der Waals surface area contributed by atoms with E-state index in [1.807, 2.05) is 36.1 Å². The summed E-state index contributed by atoms with van der Waals surface area (Å²) >= 11 is 0. The van der Waals surface area contributed by atoms with Gasteiger partial charge >= 0.3 is 5.97 Å². The van der Waals surface area contributed by atoms with E-state index >= 15 is 0 Å². The number of hydrogen-bond donors (Lipinski definition) is 2. The molecule has 3 aromatic rings. The van der Waals surface area contributed by atoms with Crippen molar-refractivity contribution in [3.05, 3.63) is 94.3 Å². The lowest BCUT2D eigenvalue weighted by atomic mass is 9.89. The summed E-state index contributed by atoms with van der Waals surface area (Å²) in [4.78, 5) is 42.3. The number of aryl methyl sites for hydroxylation is 1. The number of nitrogens with zero attached hydrogens (tertiary/aromatic N) is 3. The van der Waals surface area contributed by atoms with Crippen molar-refractivity contribution >= 4 is 23.5 Å². The maximum atomic E-state index is 13.2. The number of nitriles is 1. The molecule has 35 heavy (non-hydrogen) atoms. The number of likely N-dealkylation sites (tertiary alicyclic amines) is 1. The topological polar surface area (TPSA) is 123 Å². The van der Waals surface area contributed by atoms with Crippen molar-refractivity contribution in [1.29, 1.82) is 5.26 Å². The molecular weight excluding hydrogens is 444 g/mol. The molecule has 8 nitrogen and oxygen atoms in total. The van der Waals surface area contributed by atoms with Crippen LogP contribution in [0.4, 0.5) is 5.69 Å². The SMILES string of the molecule is Cc1ccc(C(=O)N2CCC(c3ccc(C#N)cc3)CC2)cc1NC(=O)c1ccc(C(=O)O)nc1. The predicted octanol–water partition coefficient (Wildman–Crippen LogP) is 4.23. The lowest BCUT2D eigenvalue weighted by molar-refractivity contribution is 0.0687. The molecule has 2 aromatic carbocycles. The van der Waals surface area contributed by atoms with Gasteiger partial charge in [-0.3, -0.25) is 9.59 Å². The summed E-state index contributed by atoms with van der Waals surface area (Å²) in [5.41, 5.74) is 3.69. The van der Waals surface area contributed by atoms with E-state index in [2.05, 4.69) is 16.4 Å². The Balaban J connectivity index is 1.41. The average molecular weight is 469 g/mol. The standard InChI is InChI=1S/C27H24N4O4/c1-17-2-5-21(14-24(17)30-25(32)22-8-9-23(27(34)35)29-16-22)26(33)31-12-10-20(11-13-31)19-6-3-18(15-28)4-7-19/h2-9,14,16,20H,10-13H2,1H3,(H,30,32)(H,34,35). The number of hydrogen-bond acceptors (Lipinski definition) is 5. The van der Waals surface area contributed by atoms with Crippen LogP contribution in [0.1, 0.15) is 66.7 Å². The molecule has 8 heteroatoms. The smallest absolute Gasteiger partial charge is 0.354 e. The first-order valence-corrected chi connectivity index (χ1v) is 11.3. The maximum absolute atomic E-state index is 13.2. The highest BCUT2D eigenvalue weighted by Gasteiger charge is 2.25. The molecular formula is C27H24N4O4. The Hall–Kier alpha value is -4.51. The van der Waals surface area contributed by atoms with Crippen molar-refractivity contribution in [2.45, 2.75) is 25.7 Å². The Morgan fingerprint density at radius 1 is 1.03 bits per heavy atom. The van der Waals surface area contributed by atoms with E-state index in [0.29, 0.717) is 35.8 Å². The molecule has 1 fully saturated rings. The van der Waals surface area contributed by atoms with Crippen LogP contribution in [0.15, 0.2) is 60.8 Å². The van der Waals surface area contributed by atoms with Crippen LogP contribution in [0, 0.1) is 18.3 Å². The van der Waals surface area contributed by atoms with E-state index in [9.17, 15) is 14.4 Å². The number of rotatable bonds is 5. The summed E-state index contributed by atoms with van der Waals surface area (Å²) in [6.45, 7) is 3.08. The number of anilines is 1. The van der Waals surface area contributed by atoms with Crippen LogP contribution in [0.25, 0.3) is 0 Å². The van der Waals surface area contributed by atoms with Gasteiger partial charge in [0.1, 0.15) is 5.69 Å². The van der Waals surface area contributed by atoms with Crippen LogP contribution in [0.2, 0.25) is 0 Å². The highest BCUT2D eigenvalue weighted by molar-refractivity contribution is 6.05. The second-order valence-electron chi connectivity index (χ2n) is 8.52. The van der Waals surface area contributed by atoms with E-state index in [4.69, 9.17) is 10.4 Å². The molecule has 4 rings (SSSR count). The van der Waals surface area contributed by atoms with Crippen LogP contribution >= 0.6 is 0 Å². The van der Waals surface area contributed by atoms with Crippen LogP contribution in [-0.4, -0.2) is 45.9 Å². The zero-order valence-corrected chi connectivity index (χ0v) is 19.2. The molecule has 0 bridgehead atoms. The van der Waals surface area contributed by atoms with Crippen molar-refractivity contribution in [3.8, 4) is 6.07 Å². The summed E-state index contributed by atoms with van der Waals surface area (Å²) in [5.74, 6) is -1.35. The van der Waals surface area contributed by atoms with Gasteiger partial charge in [0.15, 0.2) is 0 Å². The Labute approximate surface area is 202 Å². The first-order chi connectivity index (χ1) is 16.9. The molecule has 1 aliphatic rings. The quantitative estimate of drug-likeness (QED) is 0.578. The number of aromatic carboxylic acids is 1. The number of amides is 2. The molecule has 2 amide bonds. The first kappa shape index (κ1) is 23.6. The largest absolute Gasteiger partial charge is 0.477 e. The molecule has 0 aliphatic carbocycles. The average Bonchev–Trinajstić information content (AvgIpc) is 2.89. The first-order valence-electron chi connectivity index (χ1n) is 11.3. The van der Waals surface area contributed by atoms with Gasteiger partial charge in [0, 0.05) is 30.5 Å². The van der Waals surface area contributed by atoms with E-state index in [0.717, 1.165) is 18.4 Å². The van der Waals surface area contributed by atoms with Crippen LogP contribution in [-0.2, 0) is 0 Å². The molecule has 2 heterocycles. The normalized spacial score (nSPS) is 13.7. The van der Waals surface area contributed by atoms with Gasteiger partial charge in [-0.05, 0) is 73.2 Å². The lowest BCUT2D eigenvalue weighted by Crippen LogP contribution is -2.38. The molecule has 0 saturated carbocycles.